The maximum atomic E-state index is 13.9. The Morgan fingerprint density at radius 3 is 2.45 bits per heavy atom. The molecule has 38 heavy (non-hydrogen) atoms. The van der Waals surface area contributed by atoms with E-state index in [4.69, 9.17) is 23.2 Å². The fraction of sp³-hybridized carbons (Fsp3) is 0.267. The summed E-state index contributed by atoms with van der Waals surface area (Å²) in [4.78, 5) is 55.3. The summed E-state index contributed by atoms with van der Waals surface area (Å²) in [7, 11) is 0. The van der Waals surface area contributed by atoms with Gasteiger partial charge in [-0.3, -0.25) is 19.2 Å². The number of Topliss-reactive ketones (excluding diaryl/α,β-unsaturated/α-hetero) is 1. The molecule has 4 aliphatic rings. The standard InChI is InChI=1S/C30H23Cl2NO5/c1-13-3-5-16(11-22(13)32)33-29(37)18-7-6-17-19(26(18)30(33)38)12-21-27(24(35)9-14(2)28(21)36)25(17)20-10-15(31)4-8-23(20)34/h3-6,8-11,18-19,25-26,34H,7,12H2,1-2H3. The fourth-order valence-electron chi connectivity index (χ4n) is 6.47. The second kappa shape index (κ2) is 8.79. The third kappa shape index (κ3) is 3.54. The molecule has 2 aromatic rings. The fourth-order valence-corrected chi connectivity index (χ4v) is 6.82. The molecule has 4 atom stereocenters. The Balaban J connectivity index is 1.50. The van der Waals surface area contributed by atoms with E-state index < -0.39 is 23.7 Å². The molecule has 6 nitrogen and oxygen atoms in total. The molecule has 1 N–H and O–H groups in total. The van der Waals surface area contributed by atoms with Crippen LogP contribution in [0, 0.1) is 24.7 Å². The van der Waals surface area contributed by atoms with Crippen molar-refractivity contribution in [3.05, 3.63) is 92.0 Å². The molecule has 2 aromatic carbocycles. The van der Waals surface area contributed by atoms with Crippen molar-refractivity contribution < 1.29 is 24.3 Å². The van der Waals surface area contributed by atoms with Crippen LogP contribution in [0.2, 0.25) is 10.0 Å². The quantitative estimate of drug-likeness (QED) is 0.298. The largest absolute Gasteiger partial charge is 0.508 e. The van der Waals surface area contributed by atoms with Crippen LogP contribution in [0.4, 0.5) is 5.69 Å². The van der Waals surface area contributed by atoms with Crippen molar-refractivity contribution in [2.24, 2.45) is 17.8 Å². The Morgan fingerprint density at radius 1 is 0.947 bits per heavy atom. The zero-order valence-corrected chi connectivity index (χ0v) is 22.1. The molecular weight excluding hydrogens is 525 g/mol. The topological polar surface area (TPSA) is 91.8 Å². The van der Waals surface area contributed by atoms with Crippen LogP contribution < -0.4 is 4.90 Å². The van der Waals surface area contributed by atoms with Crippen molar-refractivity contribution in [3.8, 4) is 5.75 Å². The number of allylic oxidation sites excluding steroid dienone is 6. The minimum atomic E-state index is -0.755. The summed E-state index contributed by atoms with van der Waals surface area (Å²) < 4.78 is 0. The highest BCUT2D eigenvalue weighted by atomic mass is 35.5. The summed E-state index contributed by atoms with van der Waals surface area (Å²) in [5, 5.41) is 11.7. The highest BCUT2D eigenvalue weighted by Crippen LogP contribution is 2.56. The van der Waals surface area contributed by atoms with Crippen molar-refractivity contribution in [1.29, 1.82) is 0 Å². The number of anilines is 1. The van der Waals surface area contributed by atoms with E-state index in [2.05, 4.69) is 0 Å². The van der Waals surface area contributed by atoms with E-state index >= 15 is 0 Å². The van der Waals surface area contributed by atoms with E-state index in [-0.39, 0.29) is 35.6 Å². The van der Waals surface area contributed by atoms with E-state index in [0.29, 0.717) is 44.4 Å². The molecule has 4 unspecified atom stereocenters. The Kier molecular flexibility index (Phi) is 5.74. The van der Waals surface area contributed by atoms with E-state index in [0.717, 1.165) is 11.1 Å². The average Bonchev–Trinajstić information content (AvgIpc) is 3.14. The average molecular weight is 548 g/mol. The van der Waals surface area contributed by atoms with Crippen LogP contribution in [0.15, 0.2) is 70.8 Å². The lowest BCUT2D eigenvalue weighted by molar-refractivity contribution is -0.123. The van der Waals surface area contributed by atoms with E-state index in [1.165, 1.54) is 17.0 Å². The molecule has 1 saturated heterocycles. The lowest BCUT2D eigenvalue weighted by Crippen LogP contribution is -2.39. The number of imide groups is 1. The van der Waals surface area contributed by atoms with Gasteiger partial charge in [0.05, 0.1) is 17.5 Å². The molecular formula is C30H23Cl2NO5. The van der Waals surface area contributed by atoms with Gasteiger partial charge in [-0.05, 0) is 74.6 Å². The van der Waals surface area contributed by atoms with Crippen molar-refractivity contribution >= 4 is 52.3 Å². The van der Waals surface area contributed by atoms with Crippen LogP contribution in [0.1, 0.15) is 36.8 Å². The summed E-state index contributed by atoms with van der Waals surface area (Å²) in [5.41, 5.74) is 3.35. The lowest BCUT2D eigenvalue weighted by atomic mass is 9.59. The van der Waals surface area contributed by atoms with Crippen LogP contribution in [-0.2, 0) is 19.2 Å². The number of phenols is 1. The van der Waals surface area contributed by atoms with Crippen LogP contribution >= 0.6 is 23.2 Å². The van der Waals surface area contributed by atoms with Gasteiger partial charge in [0.1, 0.15) is 5.75 Å². The Labute approximate surface area is 229 Å². The van der Waals surface area contributed by atoms with Crippen LogP contribution in [0.25, 0.3) is 0 Å². The summed E-state index contributed by atoms with van der Waals surface area (Å²) in [6.45, 7) is 3.44. The van der Waals surface area contributed by atoms with E-state index in [1.54, 1.807) is 37.3 Å². The van der Waals surface area contributed by atoms with Crippen molar-refractivity contribution in [1.82, 2.24) is 0 Å². The third-order valence-corrected chi connectivity index (χ3v) is 8.92. The van der Waals surface area contributed by atoms with Gasteiger partial charge in [-0.15, -0.1) is 0 Å². The van der Waals surface area contributed by atoms with Gasteiger partial charge in [-0.2, -0.15) is 0 Å². The predicted molar refractivity (Wildman–Crippen MR) is 143 cm³/mol. The van der Waals surface area contributed by atoms with Gasteiger partial charge in [0.2, 0.25) is 11.8 Å². The van der Waals surface area contributed by atoms with Gasteiger partial charge < -0.3 is 5.11 Å². The molecule has 1 heterocycles. The number of halogens is 2. The highest BCUT2D eigenvalue weighted by molar-refractivity contribution is 6.32. The maximum absolute atomic E-state index is 13.9. The third-order valence-electron chi connectivity index (χ3n) is 8.28. The zero-order valence-electron chi connectivity index (χ0n) is 20.6. The number of aryl methyl sites for hydroxylation is 1. The number of rotatable bonds is 2. The normalized spacial score (nSPS) is 26.7. The summed E-state index contributed by atoms with van der Waals surface area (Å²) in [6.07, 6.45) is 3.70. The van der Waals surface area contributed by atoms with Gasteiger partial charge in [0.15, 0.2) is 11.6 Å². The Morgan fingerprint density at radius 2 is 1.71 bits per heavy atom. The molecule has 0 saturated carbocycles. The molecule has 0 spiro atoms. The maximum Gasteiger partial charge on any atom is 0.238 e. The number of phenolic OH excluding ortho intramolecular Hbond substituents is 1. The Hall–Kier alpha value is -3.48. The number of fused-ring (bicyclic) bond motifs is 3. The molecule has 2 amide bonds. The second-order valence-electron chi connectivity index (χ2n) is 10.4. The minimum Gasteiger partial charge on any atom is -0.508 e. The second-order valence-corrected chi connectivity index (χ2v) is 11.2. The first-order valence-corrected chi connectivity index (χ1v) is 13.2. The van der Waals surface area contributed by atoms with Gasteiger partial charge in [0, 0.05) is 38.2 Å². The molecule has 0 bridgehead atoms. The summed E-state index contributed by atoms with van der Waals surface area (Å²) >= 11 is 12.6. The van der Waals surface area contributed by atoms with Gasteiger partial charge in [-0.25, -0.2) is 4.90 Å². The van der Waals surface area contributed by atoms with Crippen molar-refractivity contribution in [2.75, 3.05) is 4.90 Å². The number of hydrogen-bond acceptors (Lipinski definition) is 5. The first-order chi connectivity index (χ1) is 18.1. The highest BCUT2D eigenvalue weighted by Gasteiger charge is 2.56. The molecule has 6 rings (SSSR count). The van der Waals surface area contributed by atoms with E-state index in [1.807, 2.05) is 13.0 Å². The van der Waals surface area contributed by atoms with Crippen LogP contribution in [0.3, 0.4) is 0 Å². The predicted octanol–water partition coefficient (Wildman–Crippen LogP) is 5.64. The number of aromatic hydroxyl groups is 1. The molecule has 3 aliphatic carbocycles. The SMILES string of the molecule is CC1=CC(=O)C2=C(CC3C(=CCC4C(=O)N(c5ccc(C)c(Cl)c5)C(=O)C43)C2c2cc(Cl)ccc2O)C1=O. The smallest absolute Gasteiger partial charge is 0.238 e. The number of carbonyl (C=O) groups excluding carboxylic acids is 4. The molecule has 8 heteroatoms. The first kappa shape index (κ1) is 24.8. The number of carbonyl (C=O) groups is 4. The zero-order chi connectivity index (χ0) is 27.0. The van der Waals surface area contributed by atoms with Gasteiger partial charge in [0.25, 0.3) is 0 Å². The summed E-state index contributed by atoms with van der Waals surface area (Å²) in [5.74, 6) is -3.84. The monoisotopic (exact) mass is 547 g/mol. The van der Waals surface area contributed by atoms with Gasteiger partial charge >= 0.3 is 0 Å². The van der Waals surface area contributed by atoms with Crippen molar-refractivity contribution in [2.45, 2.75) is 32.6 Å². The van der Waals surface area contributed by atoms with E-state index in [9.17, 15) is 24.3 Å². The number of hydrogen-bond donors (Lipinski definition) is 1. The lowest BCUT2D eigenvalue weighted by Gasteiger charge is -2.42. The molecule has 0 radical (unpaired) electrons. The molecule has 192 valence electrons. The summed E-state index contributed by atoms with van der Waals surface area (Å²) in [6, 6.07) is 9.67. The van der Waals surface area contributed by atoms with Crippen molar-refractivity contribution in [3.63, 3.8) is 0 Å². The number of benzene rings is 2. The number of amides is 2. The number of ketones is 2. The van der Waals surface area contributed by atoms with Crippen LogP contribution in [-0.4, -0.2) is 28.5 Å². The molecule has 1 fully saturated rings. The Bertz CT molecular complexity index is 1580. The van der Waals surface area contributed by atoms with Crippen LogP contribution in [0.5, 0.6) is 5.75 Å². The van der Waals surface area contributed by atoms with Gasteiger partial charge in [-0.1, -0.05) is 40.9 Å². The molecule has 1 aliphatic heterocycles. The molecule has 0 aromatic heterocycles. The first-order valence-electron chi connectivity index (χ1n) is 12.4. The minimum absolute atomic E-state index is 0.0637. The number of nitrogens with zero attached hydrogens (tertiary/aromatic N) is 1.